The fourth-order valence-corrected chi connectivity index (χ4v) is 5.63. The van der Waals surface area contributed by atoms with Crippen molar-refractivity contribution >= 4 is 55.6 Å². The van der Waals surface area contributed by atoms with Gasteiger partial charge in [0.2, 0.25) is 17.8 Å². The number of anilines is 1. The lowest BCUT2D eigenvalue weighted by Gasteiger charge is -2.26. The predicted molar refractivity (Wildman–Crippen MR) is 138 cm³/mol. The zero-order valence-corrected chi connectivity index (χ0v) is 21.8. The molecule has 1 aromatic carbocycles. The number of aromatic nitrogens is 5. The number of nitrogens with zero attached hydrogens (tertiary/aromatic N) is 7. The second-order valence-electron chi connectivity index (χ2n) is 9.59. The topological polar surface area (TPSA) is 109 Å². The van der Waals surface area contributed by atoms with Crippen molar-refractivity contribution in [2.24, 2.45) is 5.92 Å². The smallest absolute Gasteiger partial charge is 0.243 e. The number of halogens is 2. The van der Waals surface area contributed by atoms with Gasteiger partial charge in [0, 0.05) is 42.9 Å². The zero-order valence-electron chi connectivity index (χ0n) is 20.2. The molecule has 190 valence electrons. The molecule has 1 unspecified atom stereocenters. The number of pyridine rings is 1. The number of nitrogens with one attached hydrogen (secondary N) is 1. The quantitative estimate of drug-likeness (QED) is 0.402. The Kier molecular flexibility index (Phi) is 5.78. The number of carbonyl (C=O) groups excluding carboxylic acids is 2. The largest absolute Gasteiger partial charge is 0.351 e. The SMILES string of the molecule is CC1N(C)C(=O)CN1C(=O)[C@@H]1CC[C@@H](Nc2ncc3c(Br)nn(-c4cc(F)c5ncccc5c4)c3n2)C1. The summed E-state index contributed by atoms with van der Waals surface area (Å²) in [5.74, 6) is -0.216. The number of hydrogen-bond acceptors (Lipinski definition) is 7. The van der Waals surface area contributed by atoms with Crippen molar-refractivity contribution in [3.8, 4) is 5.69 Å². The number of hydrogen-bond donors (Lipinski definition) is 1. The molecule has 1 aliphatic heterocycles. The first-order valence-corrected chi connectivity index (χ1v) is 12.9. The Labute approximate surface area is 220 Å². The minimum absolute atomic E-state index is 0.0145. The van der Waals surface area contributed by atoms with Crippen LogP contribution in [0.2, 0.25) is 0 Å². The molecule has 0 bridgehead atoms. The van der Waals surface area contributed by atoms with E-state index in [1.54, 1.807) is 46.1 Å². The second kappa shape index (κ2) is 9.02. The summed E-state index contributed by atoms with van der Waals surface area (Å²) in [6.45, 7) is 2.00. The van der Waals surface area contributed by atoms with Crippen LogP contribution >= 0.6 is 15.9 Å². The van der Waals surface area contributed by atoms with E-state index in [1.165, 1.54) is 6.07 Å². The average Bonchev–Trinajstić information content (AvgIpc) is 3.56. The highest BCUT2D eigenvalue weighted by atomic mass is 79.9. The van der Waals surface area contributed by atoms with Crippen LogP contribution in [0, 0.1) is 11.7 Å². The number of fused-ring (bicyclic) bond motifs is 2. The van der Waals surface area contributed by atoms with Crippen LogP contribution in [-0.2, 0) is 9.59 Å². The van der Waals surface area contributed by atoms with E-state index in [4.69, 9.17) is 0 Å². The highest BCUT2D eigenvalue weighted by Gasteiger charge is 2.40. The van der Waals surface area contributed by atoms with Crippen LogP contribution in [0.5, 0.6) is 0 Å². The molecule has 4 heterocycles. The fourth-order valence-electron chi connectivity index (χ4n) is 5.20. The van der Waals surface area contributed by atoms with Crippen molar-refractivity contribution in [1.82, 2.24) is 34.5 Å². The monoisotopic (exact) mass is 566 g/mol. The third kappa shape index (κ3) is 4.08. The van der Waals surface area contributed by atoms with Gasteiger partial charge in [0.15, 0.2) is 11.5 Å². The molecule has 12 heteroatoms. The van der Waals surface area contributed by atoms with E-state index in [-0.39, 0.29) is 36.5 Å². The van der Waals surface area contributed by atoms with Gasteiger partial charge in [0.1, 0.15) is 22.8 Å². The molecule has 0 radical (unpaired) electrons. The van der Waals surface area contributed by atoms with Crippen molar-refractivity contribution < 1.29 is 14.0 Å². The molecule has 2 fully saturated rings. The molecule has 2 aliphatic rings. The van der Waals surface area contributed by atoms with E-state index in [9.17, 15) is 14.0 Å². The lowest BCUT2D eigenvalue weighted by Crippen LogP contribution is -2.41. The van der Waals surface area contributed by atoms with Crippen LogP contribution in [0.15, 0.2) is 41.3 Å². The summed E-state index contributed by atoms with van der Waals surface area (Å²) in [6.07, 6.45) is 5.15. The number of rotatable bonds is 4. The molecule has 1 saturated carbocycles. The van der Waals surface area contributed by atoms with Crippen LogP contribution < -0.4 is 5.32 Å². The molecule has 37 heavy (non-hydrogen) atoms. The summed E-state index contributed by atoms with van der Waals surface area (Å²) in [7, 11) is 1.72. The van der Waals surface area contributed by atoms with Gasteiger partial charge in [0.05, 0.1) is 11.1 Å². The molecule has 1 saturated heterocycles. The van der Waals surface area contributed by atoms with Gasteiger partial charge in [0.25, 0.3) is 0 Å². The number of likely N-dealkylation sites (N-methyl/N-ethyl adjacent to an activating group) is 1. The maximum atomic E-state index is 14.8. The van der Waals surface area contributed by atoms with Crippen molar-refractivity contribution in [2.45, 2.75) is 38.4 Å². The molecule has 10 nitrogen and oxygen atoms in total. The first kappa shape index (κ1) is 23.7. The van der Waals surface area contributed by atoms with Crippen LogP contribution in [0.3, 0.4) is 0 Å². The Hall–Kier alpha value is -3.67. The molecule has 3 atom stereocenters. The summed E-state index contributed by atoms with van der Waals surface area (Å²) in [5.41, 5.74) is 1.33. The summed E-state index contributed by atoms with van der Waals surface area (Å²) < 4.78 is 16.9. The van der Waals surface area contributed by atoms with E-state index >= 15 is 0 Å². The van der Waals surface area contributed by atoms with Crippen molar-refractivity contribution in [3.63, 3.8) is 0 Å². The van der Waals surface area contributed by atoms with E-state index in [0.29, 0.717) is 44.6 Å². The Bertz CT molecular complexity index is 1560. The third-order valence-electron chi connectivity index (χ3n) is 7.38. The number of benzene rings is 1. The molecule has 4 aromatic rings. The van der Waals surface area contributed by atoms with Gasteiger partial charge in [-0.1, -0.05) is 6.07 Å². The Morgan fingerprint density at radius 2 is 2.08 bits per heavy atom. The van der Waals surface area contributed by atoms with Gasteiger partial charge in [-0.25, -0.2) is 14.1 Å². The molecule has 6 rings (SSSR count). The van der Waals surface area contributed by atoms with E-state index in [0.717, 1.165) is 12.8 Å². The molecular formula is C25H24BrFN8O2. The third-order valence-corrected chi connectivity index (χ3v) is 7.96. The zero-order chi connectivity index (χ0) is 25.8. The van der Waals surface area contributed by atoms with Crippen molar-refractivity contribution in [3.05, 3.63) is 47.1 Å². The van der Waals surface area contributed by atoms with Crippen molar-refractivity contribution in [1.29, 1.82) is 0 Å². The van der Waals surface area contributed by atoms with Gasteiger partial charge in [-0.3, -0.25) is 14.6 Å². The lowest BCUT2D eigenvalue weighted by molar-refractivity contribution is -0.137. The molecule has 2 amide bonds. The molecule has 1 N–H and O–H groups in total. The summed E-state index contributed by atoms with van der Waals surface area (Å²) >= 11 is 3.46. The van der Waals surface area contributed by atoms with Crippen LogP contribution in [0.4, 0.5) is 10.3 Å². The summed E-state index contributed by atoms with van der Waals surface area (Å²) in [6, 6.07) is 6.77. The van der Waals surface area contributed by atoms with Gasteiger partial charge in [-0.05, 0) is 54.2 Å². The molecule has 3 aromatic heterocycles. The Morgan fingerprint density at radius 3 is 2.86 bits per heavy atom. The fraction of sp³-hybridized carbons (Fsp3) is 0.360. The lowest BCUT2D eigenvalue weighted by atomic mass is 10.1. The number of carbonyl (C=O) groups is 2. The molecule has 1 aliphatic carbocycles. The van der Waals surface area contributed by atoms with Gasteiger partial charge < -0.3 is 15.1 Å². The van der Waals surface area contributed by atoms with Crippen LogP contribution in [-0.4, -0.2) is 72.1 Å². The number of amides is 2. The maximum absolute atomic E-state index is 14.8. The van der Waals surface area contributed by atoms with E-state index in [1.807, 2.05) is 13.0 Å². The first-order valence-electron chi connectivity index (χ1n) is 12.1. The van der Waals surface area contributed by atoms with Gasteiger partial charge in [-0.15, -0.1) is 0 Å². The Morgan fingerprint density at radius 1 is 1.24 bits per heavy atom. The Balaban J connectivity index is 1.24. The second-order valence-corrected chi connectivity index (χ2v) is 10.3. The predicted octanol–water partition coefficient (Wildman–Crippen LogP) is 3.49. The highest BCUT2D eigenvalue weighted by Crippen LogP contribution is 2.32. The maximum Gasteiger partial charge on any atom is 0.243 e. The molecule has 0 spiro atoms. The van der Waals surface area contributed by atoms with Crippen molar-refractivity contribution in [2.75, 3.05) is 18.9 Å². The average molecular weight is 567 g/mol. The van der Waals surface area contributed by atoms with Crippen LogP contribution in [0.1, 0.15) is 26.2 Å². The van der Waals surface area contributed by atoms with Gasteiger partial charge in [-0.2, -0.15) is 10.1 Å². The highest BCUT2D eigenvalue weighted by molar-refractivity contribution is 9.10. The standard InChI is InChI=1S/C25H24BrFN8O2/c1-13-33(2)20(36)12-34(13)24(37)15-5-6-16(8-15)30-25-29-11-18-22(26)32-35(23(18)31-25)17-9-14-4-3-7-28-21(14)19(27)10-17/h3-4,7,9-11,13,15-16H,5-6,8,12H2,1-2H3,(H,29,30,31)/t13?,15-,16-/m1/s1. The minimum Gasteiger partial charge on any atom is -0.351 e. The van der Waals surface area contributed by atoms with E-state index in [2.05, 4.69) is 41.3 Å². The minimum atomic E-state index is -0.442. The van der Waals surface area contributed by atoms with Crippen LogP contribution in [0.25, 0.3) is 27.6 Å². The normalized spacial score (nSPS) is 21.9. The first-order chi connectivity index (χ1) is 17.8. The molecular weight excluding hydrogens is 543 g/mol. The van der Waals surface area contributed by atoms with Gasteiger partial charge >= 0.3 is 0 Å². The van der Waals surface area contributed by atoms with E-state index < -0.39 is 5.82 Å². The summed E-state index contributed by atoms with van der Waals surface area (Å²) in [4.78, 5) is 41.6. The summed E-state index contributed by atoms with van der Waals surface area (Å²) in [5, 5.41) is 9.22.